The number of carbonyl (C=O) groups excluding carboxylic acids is 1. The molecule has 0 bridgehead atoms. The zero-order valence-electron chi connectivity index (χ0n) is 13.6. The van der Waals surface area contributed by atoms with E-state index in [1.165, 1.54) is 0 Å². The third-order valence-electron chi connectivity index (χ3n) is 3.75. The Bertz CT molecular complexity index is 510. The van der Waals surface area contributed by atoms with E-state index in [0.29, 0.717) is 18.8 Å². The second-order valence-electron chi connectivity index (χ2n) is 5.88. The van der Waals surface area contributed by atoms with Crippen LogP contribution in [0.25, 0.3) is 0 Å². The topological polar surface area (TPSA) is 59.4 Å². The number of nitrogens with zero attached hydrogens (tertiary/aromatic N) is 3. The van der Waals surface area contributed by atoms with Crippen molar-refractivity contribution in [3.63, 3.8) is 0 Å². The summed E-state index contributed by atoms with van der Waals surface area (Å²) < 4.78 is 7.60. The molecule has 2 rings (SSSR count). The van der Waals surface area contributed by atoms with Gasteiger partial charge in [0.15, 0.2) is 0 Å². The van der Waals surface area contributed by atoms with E-state index in [2.05, 4.69) is 10.4 Å². The van der Waals surface area contributed by atoms with E-state index in [9.17, 15) is 4.79 Å². The highest BCUT2D eigenvalue weighted by Crippen LogP contribution is 2.31. The Morgan fingerprint density at radius 1 is 1.48 bits per heavy atom. The first-order valence-corrected chi connectivity index (χ1v) is 7.62. The molecule has 1 aliphatic rings. The van der Waals surface area contributed by atoms with Gasteiger partial charge >= 0.3 is 0 Å². The molecule has 0 fully saturated rings. The molecule has 1 amide bonds. The van der Waals surface area contributed by atoms with Crippen LogP contribution in [0, 0.1) is 0 Å². The minimum absolute atomic E-state index is 0.0336. The van der Waals surface area contributed by atoms with Crippen LogP contribution in [-0.2, 0) is 17.7 Å². The molecular formula is C15H26N4O2. The van der Waals surface area contributed by atoms with E-state index in [4.69, 9.17) is 4.74 Å². The molecule has 118 valence electrons. The fourth-order valence-corrected chi connectivity index (χ4v) is 2.75. The molecule has 2 atom stereocenters. The summed E-state index contributed by atoms with van der Waals surface area (Å²) >= 11 is 0. The maximum absolute atomic E-state index is 12.5. The zero-order chi connectivity index (χ0) is 15.6. The van der Waals surface area contributed by atoms with Crippen molar-refractivity contribution < 1.29 is 9.53 Å². The van der Waals surface area contributed by atoms with E-state index in [1.54, 1.807) is 4.68 Å². The van der Waals surface area contributed by atoms with Crippen molar-refractivity contribution in [1.29, 1.82) is 0 Å². The van der Waals surface area contributed by atoms with Gasteiger partial charge in [0, 0.05) is 31.6 Å². The van der Waals surface area contributed by atoms with Gasteiger partial charge in [-0.3, -0.25) is 9.48 Å². The molecule has 1 aromatic rings. The lowest BCUT2D eigenvalue weighted by Crippen LogP contribution is -2.33. The average Bonchev–Trinajstić information content (AvgIpc) is 2.76. The molecule has 0 unspecified atom stereocenters. The summed E-state index contributed by atoms with van der Waals surface area (Å²) in [5.41, 5.74) is 2.66. The molecule has 21 heavy (non-hydrogen) atoms. The largest absolute Gasteiger partial charge is 0.369 e. The fraction of sp³-hybridized carbons (Fsp3) is 0.733. The quantitative estimate of drug-likeness (QED) is 0.887. The van der Waals surface area contributed by atoms with Gasteiger partial charge in [-0.2, -0.15) is 5.10 Å². The van der Waals surface area contributed by atoms with Gasteiger partial charge in [0.05, 0.1) is 17.9 Å². The van der Waals surface area contributed by atoms with Crippen molar-refractivity contribution in [3.05, 3.63) is 17.0 Å². The summed E-state index contributed by atoms with van der Waals surface area (Å²) in [5.74, 6) is -0.0336. The van der Waals surface area contributed by atoms with Crippen LogP contribution in [0.4, 0.5) is 0 Å². The van der Waals surface area contributed by atoms with Gasteiger partial charge in [0.1, 0.15) is 5.69 Å². The summed E-state index contributed by atoms with van der Waals surface area (Å²) in [5, 5.41) is 7.56. The second-order valence-corrected chi connectivity index (χ2v) is 5.88. The van der Waals surface area contributed by atoms with Gasteiger partial charge in [0.25, 0.3) is 5.91 Å². The first kappa shape index (κ1) is 16.0. The number of aryl methyl sites for hydroxylation is 1. The molecule has 1 aromatic heterocycles. The number of ether oxygens (including phenoxy) is 1. The van der Waals surface area contributed by atoms with Gasteiger partial charge in [-0.25, -0.2) is 0 Å². The van der Waals surface area contributed by atoms with Crippen molar-refractivity contribution in [2.24, 2.45) is 0 Å². The second kappa shape index (κ2) is 6.58. The van der Waals surface area contributed by atoms with Gasteiger partial charge in [-0.05, 0) is 34.9 Å². The molecular weight excluding hydrogens is 268 g/mol. The van der Waals surface area contributed by atoms with Crippen LogP contribution < -0.4 is 5.32 Å². The highest BCUT2D eigenvalue weighted by molar-refractivity contribution is 5.94. The van der Waals surface area contributed by atoms with E-state index in [0.717, 1.165) is 24.2 Å². The van der Waals surface area contributed by atoms with Gasteiger partial charge in [-0.15, -0.1) is 0 Å². The van der Waals surface area contributed by atoms with E-state index >= 15 is 0 Å². The number of fused-ring (bicyclic) bond motifs is 1. The summed E-state index contributed by atoms with van der Waals surface area (Å²) in [4.78, 5) is 14.6. The fourth-order valence-electron chi connectivity index (χ4n) is 2.75. The predicted molar refractivity (Wildman–Crippen MR) is 81.5 cm³/mol. The lowest BCUT2D eigenvalue weighted by atomic mass is 9.99. The van der Waals surface area contributed by atoms with Gasteiger partial charge in [0.2, 0.25) is 0 Å². The Hall–Kier alpha value is -1.40. The normalized spacial score (nSPS) is 21.4. The van der Waals surface area contributed by atoms with Crippen LogP contribution in [0.15, 0.2) is 0 Å². The molecule has 0 spiro atoms. The number of rotatable bonds is 5. The van der Waals surface area contributed by atoms with Crippen molar-refractivity contribution in [2.45, 2.75) is 45.9 Å². The smallest absolute Gasteiger partial charge is 0.269 e. The molecule has 6 heteroatoms. The van der Waals surface area contributed by atoms with Crippen LogP contribution in [0.5, 0.6) is 0 Å². The first-order valence-electron chi connectivity index (χ1n) is 7.62. The highest BCUT2D eigenvalue weighted by atomic mass is 16.5. The minimum Gasteiger partial charge on any atom is -0.369 e. The lowest BCUT2D eigenvalue weighted by Gasteiger charge is -2.24. The maximum Gasteiger partial charge on any atom is 0.269 e. The molecule has 0 saturated heterocycles. The Morgan fingerprint density at radius 2 is 2.19 bits per heavy atom. The van der Waals surface area contributed by atoms with Crippen LogP contribution in [0.3, 0.4) is 0 Å². The molecule has 0 aromatic carbocycles. The molecule has 2 heterocycles. The Kier molecular flexibility index (Phi) is 5.00. The number of aromatic nitrogens is 2. The van der Waals surface area contributed by atoms with Crippen LogP contribution in [0.1, 0.15) is 48.6 Å². The molecule has 1 N–H and O–H groups in total. The summed E-state index contributed by atoms with van der Waals surface area (Å²) in [6.45, 7) is 8.18. The van der Waals surface area contributed by atoms with Crippen LogP contribution >= 0.6 is 0 Å². The summed E-state index contributed by atoms with van der Waals surface area (Å²) in [6.07, 6.45) is 0.816. The van der Waals surface area contributed by atoms with Crippen molar-refractivity contribution in [1.82, 2.24) is 20.0 Å². The Labute approximate surface area is 126 Å². The van der Waals surface area contributed by atoms with Crippen molar-refractivity contribution in [3.8, 4) is 0 Å². The molecule has 1 aliphatic heterocycles. The molecule has 0 radical (unpaired) electrons. The molecule has 0 aliphatic carbocycles. The number of nitrogens with one attached hydrogen (secondary N) is 1. The summed E-state index contributed by atoms with van der Waals surface area (Å²) in [6, 6.07) is 0. The number of amides is 1. The van der Waals surface area contributed by atoms with E-state index < -0.39 is 0 Å². The van der Waals surface area contributed by atoms with Crippen molar-refractivity contribution in [2.75, 3.05) is 27.2 Å². The predicted octanol–water partition coefficient (Wildman–Crippen LogP) is 1.22. The number of carbonyl (C=O) groups is 1. The van der Waals surface area contributed by atoms with E-state index in [-0.39, 0.29) is 18.1 Å². The SMILES string of the molecule is CCn1nc2c(c1C(=O)NCCN(C)C)C[C@H](C)O[C@@H]2C. The Balaban J connectivity index is 2.23. The highest BCUT2D eigenvalue weighted by Gasteiger charge is 2.31. The zero-order valence-corrected chi connectivity index (χ0v) is 13.6. The monoisotopic (exact) mass is 294 g/mol. The number of likely N-dealkylation sites (N-methyl/N-ethyl adjacent to an activating group) is 1. The lowest BCUT2D eigenvalue weighted by molar-refractivity contribution is -0.00712. The third-order valence-corrected chi connectivity index (χ3v) is 3.75. The Morgan fingerprint density at radius 3 is 2.81 bits per heavy atom. The van der Waals surface area contributed by atoms with Crippen molar-refractivity contribution >= 4 is 5.91 Å². The molecule has 6 nitrogen and oxygen atoms in total. The van der Waals surface area contributed by atoms with E-state index in [1.807, 2.05) is 39.8 Å². The van der Waals surface area contributed by atoms with Crippen LogP contribution in [0.2, 0.25) is 0 Å². The standard InChI is InChI=1S/C15H26N4O2/c1-6-19-14(15(20)16-7-8-18(4)5)12-9-10(2)21-11(3)13(12)17-19/h10-11H,6-9H2,1-5H3,(H,16,20)/t10-,11+/m0/s1. The maximum atomic E-state index is 12.5. The molecule has 0 saturated carbocycles. The first-order chi connectivity index (χ1) is 9.93. The minimum atomic E-state index is -0.0510. The number of hydrogen-bond acceptors (Lipinski definition) is 4. The van der Waals surface area contributed by atoms with Crippen LogP contribution in [-0.4, -0.2) is 53.9 Å². The number of hydrogen-bond donors (Lipinski definition) is 1. The summed E-state index contributed by atoms with van der Waals surface area (Å²) in [7, 11) is 3.98. The van der Waals surface area contributed by atoms with Gasteiger partial charge < -0.3 is 15.0 Å². The average molecular weight is 294 g/mol. The third kappa shape index (κ3) is 3.44. The van der Waals surface area contributed by atoms with Gasteiger partial charge in [-0.1, -0.05) is 0 Å².